The van der Waals surface area contributed by atoms with Crippen LogP contribution < -0.4 is 11.0 Å². The molecular formula is C11H10N4O2. The summed E-state index contributed by atoms with van der Waals surface area (Å²) in [7, 11) is 0. The van der Waals surface area contributed by atoms with E-state index in [1.807, 2.05) is 0 Å². The van der Waals surface area contributed by atoms with Crippen LogP contribution in [0.4, 0.5) is 5.82 Å². The van der Waals surface area contributed by atoms with Crippen molar-refractivity contribution in [2.45, 2.75) is 0 Å². The Bertz CT molecular complexity index is 575. The van der Waals surface area contributed by atoms with Crippen LogP contribution in [0.1, 0.15) is 5.56 Å². The lowest BCUT2D eigenvalue weighted by molar-refractivity contribution is 0.475. The molecule has 3 N–H and O–H groups in total. The average molecular weight is 230 g/mol. The van der Waals surface area contributed by atoms with Gasteiger partial charge >= 0.3 is 0 Å². The Labute approximate surface area is 96.7 Å². The van der Waals surface area contributed by atoms with E-state index >= 15 is 0 Å². The highest BCUT2D eigenvalue weighted by atomic mass is 16.3. The summed E-state index contributed by atoms with van der Waals surface area (Å²) in [5.41, 5.74) is 3.20. The number of aromatic hydroxyl groups is 1. The van der Waals surface area contributed by atoms with Crippen molar-refractivity contribution >= 4 is 12.0 Å². The molecule has 0 saturated heterocycles. The van der Waals surface area contributed by atoms with Gasteiger partial charge in [0.25, 0.3) is 5.56 Å². The monoisotopic (exact) mass is 230 g/mol. The van der Waals surface area contributed by atoms with Crippen molar-refractivity contribution in [1.29, 1.82) is 0 Å². The number of hydrogen-bond donors (Lipinski definition) is 3. The maximum atomic E-state index is 10.9. The number of H-pyrrole nitrogens is 1. The molecule has 0 saturated carbocycles. The first-order chi connectivity index (χ1) is 8.24. The van der Waals surface area contributed by atoms with Crippen LogP contribution in [0.3, 0.4) is 0 Å². The smallest absolute Gasteiger partial charge is 0.252 e. The molecule has 0 unspecified atom stereocenters. The lowest BCUT2D eigenvalue weighted by atomic mass is 10.2. The lowest BCUT2D eigenvalue weighted by Gasteiger charge is -1.97. The highest BCUT2D eigenvalue weighted by Crippen LogP contribution is 2.07. The van der Waals surface area contributed by atoms with Crippen LogP contribution in [-0.4, -0.2) is 21.3 Å². The van der Waals surface area contributed by atoms with Crippen molar-refractivity contribution in [3.8, 4) is 5.75 Å². The van der Waals surface area contributed by atoms with Crippen molar-refractivity contribution in [3.05, 3.63) is 52.6 Å². The number of benzene rings is 1. The molecule has 0 radical (unpaired) electrons. The van der Waals surface area contributed by atoms with Gasteiger partial charge in [0.05, 0.1) is 12.5 Å². The predicted octanol–water partition coefficient (Wildman–Crippen LogP) is 0.921. The van der Waals surface area contributed by atoms with E-state index in [-0.39, 0.29) is 11.3 Å². The minimum absolute atomic E-state index is 0.200. The number of anilines is 1. The Morgan fingerprint density at radius 2 is 2.12 bits per heavy atom. The molecule has 6 nitrogen and oxygen atoms in total. The Morgan fingerprint density at radius 1 is 1.35 bits per heavy atom. The summed E-state index contributed by atoms with van der Waals surface area (Å²) in [6.07, 6.45) is 2.85. The zero-order valence-electron chi connectivity index (χ0n) is 8.79. The Kier molecular flexibility index (Phi) is 3.15. The molecule has 6 heteroatoms. The zero-order valence-corrected chi connectivity index (χ0v) is 8.79. The van der Waals surface area contributed by atoms with Gasteiger partial charge in [-0.3, -0.25) is 10.2 Å². The molecule has 1 heterocycles. The third kappa shape index (κ3) is 3.16. The van der Waals surface area contributed by atoms with E-state index in [1.54, 1.807) is 30.5 Å². The van der Waals surface area contributed by atoms with E-state index in [0.717, 1.165) is 5.56 Å². The van der Waals surface area contributed by atoms with Crippen LogP contribution in [-0.2, 0) is 0 Å². The van der Waals surface area contributed by atoms with Crippen LogP contribution in [0.15, 0.2) is 46.6 Å². The molecule has 0 amide bonds. The maximum absolute atomic E-state index is 10.9. The summed E-state index contributed by atoms with van der Waals surface area (Å²) in [6.45, 7) is 0. The number of hydrazone groups is 1. The molecule has 86 valence electrons. The molecule has 0 fully saturated rings. The number of aromatic nitrogens is 2. The topological polar surface area (TPSA) is 90.4 Å². The second kappa shape index (κ2) is 4.93. The summed E-state index contributed by atoms with van der Waals surface area (Å²) in [4.78, 5) is 17.2. The largest absolute Gasteiger partial charge is 0.508 e. The van der Waals surface area contributed by atoms with Crippen LogP contribution in [0.5, 0.6) is 5.75 Å². The molecule has 0 aliphatic heterocycles. The van der Waals surface area contributed by atoms with Gasteiger partial charge in [-0.05, 0) is 29.8 Å². The van der Waals surface area contributed by atoms with Crippen molar-refractivity contribution in [2.24, 2.45) is 5.10 Å². The summed E-state index contributed by atoms with van der Waals surface area (Å²) in [5.74, 6) is 0.565. The molecule has 0 aliphatic carbocycles. The first-order valence-corrected chi connectivity index (χ1v) is 4.87. The second-order valence-electron chi connectivity index (χ2n) is 3.26. The quantitative estimate of drug-likeness (QED) is 0.540. The van der Waals surface area contributed by atoms with Crippen molar-refractivity contribution in [3.63, 3.8) is 0 Å². The molecule has 0 aliphatic rings. The molecule has 0 bridgehead atoms. The standard InChI is InChI=1S/C11H10N4O2/c16-9-3-1-8(2-4-9)6-14-15-10-5-11(17)13-7-12-10/h1-7,16H,(H2,12,13,15,17). The molecular weight excluding hydrogens is 220 g/mol. The zero-order chi connectivity index (χ0) is 12.1. The lowest BCUT2D eigenvalue weighted by Crippen LogP contribution is -2.06. The predicted molar refractivity (Wildman–Crippen MR) is 64.2 cm³/mol. The van der Waals surface area contributed by atoms with Gasteiger partial charge in [-0.15, -0.1) is 0 Å². The summed E-state index contributed by atoms with van der Waals surface area (Å²) in [5, 5.41) is 13.0. The normalized spacial score (nSPS) is 10.6. The summed E-state index contributed by atoms with van der Waals surface area (Å²) >= 11 is 0. The number of phenols is 1. The minimum atomic E-state index is -0.248. The fourth-order valence-corrected chi connectivity index (χ4v) is 1.16. The number of phenolic OH excluding ortho intramolecular Hbond substituents is 1. The molecule has 17 heavy (non-hydrogen) atoms. The maximum Gasteiger partial charge on any atom is 0.252 e. The molecule has 2 rings (SSSR count). The van der Waals surface area contributed by atoms with Gasteiger partial charge in [0.1, 0.15) is 5.75 Å². The Balaban J connectivity index is 2.02. The van der Waals surface area contributed by atoms with Gasteiger partial charge in [0.2, 0.25) is 0 Å². The number of rotatable bonds is 3. The van der Waals surface area contributed by atoms with E-state index in [2.05, 4.69) is 20.5 Å². The Morgan fingerprint density at radius 3 is 2.82 bits per heavy atom. The van der Waals surface area contributed by atoms with Crippen LogP contribution in [0.25, 0.3) is 0 Å². The molecule has 0 atom stereocenters. The minimum Gasteiger partial charge on any atom is -0.508 e. The van der Waals surface area contributed by atoms with E-state index in [0.29, 0.717) is 5.82 Å². The van der Waals surface area contributed by atoms with Crippen molar-refractivity contribution in [2.75, 3.05) is 5.43 Å². The van der Waals surface area contributed by atoms with Gasteiger partial charge in [-0.1, -0.05) is 0 Å². The molecule has 0 spiro atoms. The number of nitrogens with one attached hydrogen (secondary N) is 2. The van der Waals surface area contributed by atoms with E-state index < -0.39 is 0 Å². The van der Waals surface area contributed by atoms with E-state index in [1.165, 1.54) is 12.4 Å². The summed E-state index contributed by atoms with van der Waals surface area (Å²) in [6, 6.07) is 7.85. The first kappa shape index (κ1) is 10.9. The highest BCUT2D eigenvalue weighted by Gasteiger charge is 1.91. The fraction of sp³-hybridized carbons (Fsp3) is 0. The average Bonchev–Trinajstić information content (AvgIpc) is 2.32. The van der Waals surface area contributed by atoms with Gasteiger partial charge in [-0.2, -0.15) is 5.10 Å². The van der Waals surface area contributed by atoms with E-state index in [9.17, 15) is 4.79 Å². The van der Waals surface area contributed by atoms with E-state index in [4.69, 9.17) is 5.11 Å². The third-order valence-electron chi connectivity index (χ3n) is 1.96. The SMILES string of the molecule is O=c1cc(NN=Cc2ccc(O)cc2)nc[nH]1. The van der Waals surface area contributed by atoms with Crippen molar-refractivity contribution in [1.82, 2.24) is 9.97 Å². The van der Waals surface area contributed by atoms with Gasteiger partial charge in [-0.25, -0.2) is 4.98 Å². The van der Waals surface area contributed by atoms with Crippen LogP contribution in [0, 0.1) is 0 Å². The fourth-order valence-electron chi connectivity index (χ4n) is 1.16. The Hall–Kier alpha value is -2.63. The number of hydrogen-bond acceptors (Lipinski definition) is 5. The van der Waals surface area contributed by atoms with Gasteiger partial charge < -0.3 is 10.1 Å². The van der Waals surface area contributed by atoms with Crippen LogP contribution in [0.2, 0.25) is 0 Å². The number of nitrogens with zero attached hydrogens (tertiary/aromatic N) is 2. The van der Waals surface area contributed by atoms with Gasteiger partial charge in [0.15, 0.2) is 5.82 Å². The van der Waals surface area contributed by atoms with Gasteiger partial charge in [0, 0.05) is 6.07 Å². The molecule has 2 aromatic rings. The summed E-state index contributed by atoms with van der Waals surface area (Å²) < 4.78 is 0. The number of aromatic amines is 1. The molecule has 1 aromatic carbocycles. The third-order valence-corrected chi connectivity index (χ3v) is 1.96. The molecule has 1 aromatic heterocycles. The second-order valence-corrected chi connectivity index (χ2v) is 3.26. The highest BCUT2D eigenvalue weighted by molar-refractivity contribution is 5.80. The van der Waals surface area contributed by atoms with Crippen LogP contribution >= 0.6 is 0 Å². The first-order valence-electron chi connectivity index (χ1n) is 4.87. The van der Waals surface area contributed by atoms with Crippen molar-refractivity contribution < 1.29 is 5.11 Å².